The number of ether oxygens (including phenoxy) is 1. The van der Waals surface area contributed by atoms with Crippen molar-refractivity contribution in [2.45, 2.75) is 39.2 Å². The zero-order chi connectivity index (χ0) is 16.8. The highest BCUT2D eigenvalue weighted by atomic mass is 16.5. The number of likely N-dealkylation sites (tertiary alicyclic amines) is 1. The molecule has 0 unspecified atom stereocenters. The van der Waals surface area contributed by atoms with E-state index in [1.165, 1.54) is 0 Å². The van der Waals surface area contributed by atoms with Crippen molar-refractivity contribution in [3.63, 3.8) is 0 Å². The number of carbonyl (C=O) groups excluding carboxylic acids is 1. The maximum atomic E-state index is 11.6. The Morgan fingerprint density at radius 3 is 3.00 bits per heavy atom. The van der Waals surface area contributed by atoms with Crippen LogP contribution in [0.4, 0.5) is 0 Å². The van der Waals surface area contributed by atoms with E-state index < -0.39 is 0 Å². The molecule has 128 valence electrons. The lowest BCUT2D eigenvalue weighted by Gasteiger charge is -2.14. The van der Waals surface area contributed by atoms with Crippen LogP contribution in [-0.4, -0.2) is 45.5 Å². The summed E-state index contributed by atoms with van der Waals surface area (Å²) in [6, 6.07) is 7.93. The van der Waals surface area contributed by atoms with Crippen LogP contribution < -0.4 is 4.74 Å². The fraction of sp³-hybridized carbons (Fsp3) is 0.500. The first kappa shape index (κ1) is 16.5. The van der Waals surface area contributed by atoms with Gasteiger partial charge < -0.3 is 9.64 Å². The van der Waals surface area contributed by atoms with Crippen LogP contribution in [0.5, 0.6) is 5.75 Å². The molecule has 1 aromatic carbocycles. The first-order valence-electron chi connectivity index (χ1n) is 8.67. The molecule has 0 radical (unpaired) electrons. The van der Waals surface area contributed by atoms with Crippen molar-refractivity contribution in [2.75, 3.05) is 19.7 Å². The third-order valence-corrected chi connectivity index (χ3v) is 4.13. The standard InChI is InChI=1S/C18H24N4O2/c1-2-12-24-16-7-3-6-15(13-16)17-14-22(20-19-17)11-5-10-21-9-4-8-18(21)23/h3,6-7,13-14H,2,4-5,8-12H2,1H3. The molecular formula is C18H24N4O2. The monoisotopic (exact) mass is 328 g/mol. The number of hydrogen-bond donors (Lipinski definition) is 0. The Morgan fingerprint density at radius 2 is 2.21 bits per heavy atom. The Kier molecular flexibility index (Phi) is 5.46. The first-order chi connectivity index (χ1) is 11.8. The lowest BCUT2D eigenvalue weighted by atomic mass is 10.1. The smallest absolute Gasteiger partial charge is 0.222 e. The van der Waals surface area contributed by atoms with Crippen LogP contribution in [-0.2, 0) is 11.3 Å². The number of rotatable bonds is 8. The van der Waals surface area contributed by atoms with Gasteiger partial charge in [-0.15, -0.1) is 5.10 Å². The minimum atomic E-state index is 0.276. The molecule has 0 bridgehead atoms. The van der Waals surface area contributed by atoms with Gasteiger partial charge in [-0.2, -0.15) is 0 Å². The molecule has 6 nitrogen and oxygen atoms in total. The van der Waals surface area contributed by atoms with E-state index in [9.17, 15) is 4.79 Å². The summed E-state index contributed by atoms with van der Waals surface area (Å²) in [6.07, 6.45) is 5.52. The summed E-state index contributed by atoms with van der Waals surface area (Å²) in [5.41, 5.74) is 1.85. The number of nitrogens with zero attached hydrogens (tertiary/aromatic N) is 4. The summed E-state index contributed by atoms with van der Waals surface area (Å²) in [5, 5.41) is 8.44. The van der Waals surface area contributed by atoms with Crippen LogP contribution in [0.2, 0.25) is 0 Å². The largest absolute Gasteiger partial charge is 0.494 e. The molecule has 2 aromatic rings. The molecule has 1 aliphatic heterocycles. The molecule has 1 saturated heterocycles. The molecule has 3 rings (SSSR count). The van der Waals surface area contributed by atoms with E-state index in [4.69, 9.17) is 4.74 Å². The van der Waals surface area contributed by atoms with Crippen molar-refractivity contribution < 1.29 is 9.53 Å². The quantitative estimate of drug-likeness (QED) is 0.747. The van der Waals surface area contributed by atoms with E-state index in [0.717, 1.165) is 55.9 Å². The Morgan fingerprint density at radius 1 is 1.29 bits per heavy atom. The van der Waals surface area contributed by atoms with Gasteiger partial charge in [0, 0.05) is 31.6 Å². The van der Waals surface area contributed by atoms with Gasteiger partial charge in [0.05, 0.1) is 12.8 Å². The average Bonchev–Trinajstić information content (AvgIpc) is 3.23. The van der Waals surface area contributed by atoms with Crippen molar-refractivity contribution >= 4 is 5.91 Å². The number of hydrogen-bond acceptors (Lipinski definition) is 4. The highest BCUT2D eigenvalue weighted by Crippen LogP contribution is 2.22. The topological polar surface area (TPSA) is 60.2 Å². The fourth-order valence-electron chi connectivity index (χ4n) is 2.87. The van der Waals surface area contributed by atoms with E-state index in [2.05, 4.69) is 17.2 Å². The van der Waals surface area contributed by atoms with Crippen LogP contribution in [0, 0.1) is 0 Å². The van der Waals surface area contributed by atoms with E-state index in [1.807, 2.05) is 40.0 Å². The van der Waals surface area contributed by atoms with Gasteiger partial charge in [0.15, 0.2) is 0 Å². The summed E-state index contributed by atoms with van der Waals surface area (Å²) in [5.74, 6) is 1.13. The minimum absolute atomic E-state index is 0.276. The van der Waals surface area contributed by atoms with Gasteiger partial charge in [0.2, 0.25) is 5.91 Å². The summed E-state index contributed by atoms with van der Waals surface area (Å²) in [6.45, 7) is 5.26. The predicted molar refractivity (Wildman–Crippen MR) is 91.7 cm³/mol. The van der Waals surface area contributed by atoms with Gasteiger partial charge in [-0.3, -0.25) is 9.48 Å². The molecule has 1 aromatic heterocycles. The SMILES string of the molecule is CCCOc1cccc(-c2cn(CCCN3CCCC3=O)nn2)c1. The summed E-state index contributed by atoms with van der Waals surface area (Å²) in [7, 11) is 0. The molecule has 1 amide bonds. The molecule has 0 aliphatic carbocycles. The summed E-state index contributed by atoms with van der Waals surface area (Å²) < 4.78 is 7.51. The molecule has 1 fully saturated rings. The highest BCUT2D eigenvalue weighted by molar-refractivity contribution is 5.77. The van der Waals surface area contributed by atoms with Crippen LogP contribution in [0.3, 0.4) is 0 Å². The zero-order valence-electron chi connectivity index (χ0n) is 14.1. The third-order valence-electron chi connectivity index (χ3n) is 4.13. The van der Waals surface area contributed by atoms with Gasteiger partial charge in [0.25, 0.3) is 0 Å². The van der Waals surface area contributed by atoms with Crippen LogP contribution >= 0.6 is 0 Å². The van der Waals surface area contributed by atoms with Gasteiger partial charge in [-0.25, -0.2) is 0 Å². The molecule has 1 aliphatic rings. The molecule has 0 saturated carbocycles. The fourth-order valence-corrected chi connectivity index (χ4v) is 2.87. The number of benzene rings is 1. The Bertz CT molecular complexity index is 683. The number of aromatic nitrogens is 3. The van der Waals surface area contributed by atoms with Crippen molar-refractivity contribution in [2.24, 2.45) is 0 Å². The minimum Gasteiger partial charge on any atom is -0.494 e. The Labute approximate surface area is 142 Å². The molecule has 2 heterocycles. The third kappa shape index (κ3) is 4.13. The average molecular weight is 328 g/mol. The molecule has 6 heteroatoms. The Hall–Kier alpha value is -2.37. The molecule has 0 spiro atoms. The van der Waals surface area contributed by atoms with E-state index >= 15 is 0 Å². The van der Waals surface area contributed by atoms with Crippen molar-refractivity contribution in [1.82, 2.24) is 19.9 Å². The van der Waals surface area contributed by atoms with Gasteiger partial charge in [-0.1, -0.05) is 24.3 Å². The highest BCUT2D eigenvalue weighted by Gasteiger charge is 2.19. The van der Waals surface area contributed by atoms with Crippen LogP contribution in [0.25, 0.3) is 11.3 Å². The molecule has 24 heavy (non-hydrogen) atoms. The van der Waals surface area contributed by atoms with E-state index in [0.29, 0.717) is 13.0 Å². The Balaban J connectivity index is 1.56. The van der Waals surface area contributed by atoms with Crippen molar-refractivity contribution in [1.29, 1.82) is 0 Å². The lowest BCUT2D eigenvalue weighted by Crippen LogP contribution is -2.26. The molecular weight excluding hydrogens is 304 g/mol. The lowest BCUT2D eigenvalue weighted by molar-refractivity contribution is -0.127. The maximum absolute atomic E-state index is 11.6. The van der Waals surface area contributed by atoms with E-state index in [1.54, 1.807) is 0 Å². The van der Waals surface area contributed by atoms with E-state index in [-0.39, 0.29) is 5.91 Å². The van der Waals surface area contributed by atoms with Crippen LogP contribution in [0.15, 0.2) is 30.5 Å². The normalized spacial score (nSPS) is 14.4. The number of aryl methyl sites for hydroxylation is 1. The van der Waals surface area contributed by atoms with Gasteiger partial charge >= 0.3 is 0 Å². The second-order valence-corrected chi connectivity index (χ2v) is 6.08. The van der Waals surface area contributed by atoms with Crippen LogP contribution in [0.1, 0.15) is 32.6 Å². The summed E-state index contributed by atoms with van der Waals surface area (Å²) in [4.78, 5) is 13.5. The second-order valence-electron chi connectivity index (χ2n) is 6.08. The van der Waals surface area contributed by atoms with Crippen molar-refractivity contribution in [3.05, 3.63) is 30.5 Å². The first-order valence-corrected chi connectivity index (χ1v) is 8.67. The second kappa shape index (κ2) is 7.95. The number of amides is 1. The molecule has 0 atom stereocenters. The summed E-state index contributed by atoms with van der Waals surface area (Å²) >= 11 is 0. The zero-order valence-corrected chi connectivity index (χ0v) is 14.1. The molecule has 0 N–H and O–H groups in total. The predicted octanol–water partition coefficient (Wildman–Crippen LogP) is 2.75. The number of carbonyl (C=O) groups is 1. The van der Waals surface area contributed by atoms with Gasteiger partial charge in [0.1, 0.15) is 11.4 Å². The van der Waals surface area contributed by atoms with Crippen molar-refractivity contribution in [3.8, 4) is 17.0 Å². The van der Waals surface area contributed by atoms with Gasteiger partial charge in [-0.05, 0) is 31.4 Å². The maximum Gasteiger partial charge on any atom is 0.222 e.